The fourth-order valence-corrected chi connectivity index (χ4v) is 1.15. The average Bonchev–Trinajstić information content (AvgIpc) is 2.47. The Kier molecular flexibility index (Phi) is 4.02. The second kappa shape index (κ2) is 5.28. The zero-order chi connectivity index (χ0) is 13.0. The van der Waals surface area contributed by atoms with Gasteiger partial charge in [0.1, 0.15) is 0 Å². The molecule has 94 valence electrons. The van der Waals surface area contributed by atoms with Gasteiger partial charge in [-0.25, -0.2) is 4.79 Å². The number of nitrogens with zero attached hydrogens (tertiary/aromatic N) is 1. The van der Waals surface area contributed by atoms with Crippen LogP contribution in [0.25, 0.3) is 0 Å². The minimum Gasteiger partial charge on any atom is -0.426 e. The number of hydrogen-bond donors (Lipinski definition) is 0. The van der Waals surface area contributed by atoms with Crippen molar-refractivity contribution < 1.29 is 33.5 Å². The van der Waals surface area contributed by atoms with Crippen LogP contribution >= 0.6 is 0 Å². The second-order valence-corrected chi connectivity index (χ2v) is 3.22. The lowest BCUT2D eigenvalue weighted by atomic mass is 10.4. The zero-order valence-electron chi connectivity index (χ0n) is 9.30. The van der Waals surface area contributed by atoms with Crippen LogP contribution in [0.4, 0.5) is 4.79 Å². The number of hydroxylamine groups is 2. The summed E-state index contributed by atoms with van der Waals surface area (Å²) in [4.78, 5) is 48.1. The van der Waals surface area contributed by atoms with Crippen LogP contribution in [0.5, 0.6) is 0 Å². The number of amides is 2. The van der Waals surface area contributed by atoms with Crippen molar-refractivity contribution in [3.63, 3.8) is 0 Å². The van der Waals surface area contributed by atoms with Crippen LogP contribution in [-0.2, 0) is 28.7 Å². The maximum atomic E-state index is 11.1. The van der Waals surface area contributed by atoms with E-state index in [1.807, 2.05) is 0 Å². The van der Waals surface area contributed by atoms with E-state index >= 15 is 0 Å². The minimum atomic E-state index is -1.29. The molecule has 8 heteroatoms. The maximum Gasteiger partial charge on any atom is 0.537 e. The van der Waals surface area contributed by atoms with Crippen molar-refractivity contribution in [2.45, 2.75) is 33.0 Å². The number of rotatable bonds is 3. The maximum absolute atomic E-state index is 11.1. The van der Waals surface area contributed by atoms with Crippen LogP contribution in [0, 0.1) is 0 Å². The number of ether oxygens (including phenoxy) is 2. The van der Waals surface area contributed by atoms with Gasteiger partial charge in [-0.2, -0.15) is 0 Å². The van der Waals surface area contributed by atoms with Crippen LogP contribution in [-0.4, -0.2) is 35.3 Å². The summed E-state index contributed by atoms with van der Waals surface area (Å²) >= 11 is 0. The van der Waals surface area contributed by atoms with Gasteiger partial charge in [0.2, 0.25) is 6.29 Å². The Morgan fingerprint density at radius 3 is 2.18 bits per heavy atom. The van der Waals surface area contributed by atoms with E-state index in [2.05, 4.69) is 14.3 Å². The van der Waals surface area contributed by atoms with Gasteiger partial charge in [-0.15, -0.1) is 0 Å². The molecule has 0 aliphatic carbocycles. The molecular formula is C9H11NO7. The molecule has 1 heterocycles. The van der Waals surface area contributed by atoms with Crippen LogP contribution in [0.2, 0.25) is 0 Å². The van der Waals surface area contributed by atoms with Gasteiger partial charge >= 0.3 is 12.1 Å². The Balaban J connectivity index is 2.41. The van der Waals surface area contributed by atoms with Crippen molar-refractivity contribution in [1.82, 2.24) is 5.06 Å². The zero-order valence-corrected chi connectivity index (χ0v) is 9.30. The summed E-state index contributed by atoms with van der Waals surface area (Å²) in [5.74, 6) is -1.88. The van der Waals surface area contributed by atoms with Gasteiger partial charge in [0.25, 0.3) is 11.8 Å². The summed E-state index contributed by atoms with van der Waals surface area (Å²) in [6.45, 7) is 2.43. The van der Waals surface area contributed by atoms with Gasteiger partial charge < -0.3 is 9.47 Å². The minimum absolute atomic E-state index is 0.00832. The summed E-state index contributed by atoms with van der Waals surface area (Å²) in [5, 5.41) is 0.336. The fourth-order valence-electron chi connectivity index (χ4n) is 1.15. The standard InChI is InChI=1S/C9H11NO7/c1-5(11)15-6(2)16-9(14)17-10-7(12)3-4-8(10)13/h6H,3-4H2,1-2H3/t6-/m0/s1. The molecule has 8 nitrogen and oxygen atoms in total. The van der Waals surface area contributed by atoms with Crippen molar-refractivity contribution in [2.75, 3.05) is 0 Å². The van der Waals surface area contributed by atoms with Gasteiger partial charge in [0, 0.05) is 26.7 Å². The molecule has 1 aliphatic rings. The lowest BCUT2D eigenvalue weighted by molar-refractivity contribution is -0.190. The Morgan fingerprint density at radius 2 is 1.71 bits per heavy atom. The third kappa shape index (κ3) is 3.74. The normalized spacial score (nSPS) is 16.7. The number of hydrogen-bond acceptors (Lipinski definition) is 7. The SMILES string of the molecule is CC(=O)O[C@H](C)OC(=O)ON1C(=O)CCC1=O. The van der Waals surface area contributed by atoms with Crippen molar-refractivity contribution in [3.05, 3.63) is 0 Å². The van der Waals surface area contributed by atoms with E-state index in [0.717, 1.165) is 6.92 Å². The Labute approximate surface area is 96.4 Å². The molecule has 0 saturated carbocycles. The first-order valence-corrected chi connectivity index (χ1v) is 4.81. The van der Waals surface area contributed by atoms with Crippen molar-refractivity contribution >= 4 is 23.9 Å². The molecule has 0 unspecified atom stereocenters. The van der Waals surface area contributed by atoms with Gasteiger partial charge in [-0.1, -0.05) is 5.06 Å². The lowest BCUT2D eigenvalue weighted by Gasteiger charge is -2.15. The summed E-state index contributed by atoms with van der Waals surface area (Å²) in [6.07, 6.45) is -2.47. The molecule has 1 fully saturated rings. The fraction of sp³-hybridized carbons (Fsp3) is 0.556. The van der Waals surface area contributed by atoms with Crippen LogP contribution < -0.4 is 0 Å². The number of carbonyl (C=O) groups excluding carboxylic acids is 4. The highest BCUT2D eigenvalue weighted by atomic mass is 16.9. The summed E-state index contributed by atoms with van der Waals surface area (Å²) in [5.41, 5.74) is 0. The molecule has 1 saturated heterocycles. The summed E-state index contributed by atoms with van der Waals surface area (Å²) < 4.78 is 8.96. The first-order valence-electron chi connectivity index (χ1n) is 4.81. The highest BCUT2D eigenvalue weighted by Crippen LogP contribution is 2.13. The Morgan fingerprint density at radius 1 is 1.18 bits per heavy atom. The van der Waals surface area contributed by atoms with Crippen molar-refractivity contribution in [2.24, 2.45) is 0 Å². The number of esters is 1. The molecule has 0 radical (unpaired) electrons. The van der Waals surface area contributed by atoms with E-state index in [9.17, 15) is 19.2 Å². The van der Waals surface area contributed by atoms with Crippen molar-refractivity contribution in [3.8, 4) is 0 Å². The smallest absolute Gasteiger partial charge is 0.426 e. The molecule has 17 heavy (non-hydrogen) atoms. The molecule has 1 aliphatic heterocycles. The molecule has 0 aromatic rings. The predicted octanol–water partition coefficient (Wildman–Crippen LogP) is 0.113. The molecule has 1 rings (SSSR count). The van der Waals surface area contributed by atoms with E-state index < -0.39 is 30.2 Å². The highest BCUT2D eigenvalue weighted by molar-refractivity contribution is 6.01. The number of carbonyl (C=O) groups is 4. The monoisotopic (exact) mass is 245 g/mol. The predicted molar refractivity (Wildman–Crippen MR) is 49.9 cm³/mol. The molecule has 0 aromatic carbocycles. The van der Waals surface area contributed by atoms with Crippen LogP contribution in [0.15, 0.2) is 0 Å². The van der Waals surface area contributed by atoms with E-state index in [1.165, 1.54) is 6.92 Å². The van der Waals surface area contributed by atoms with E-state index in [4.69, 9.17) is 0 Å². The third-order valence-electron chi connectivity index (χ3n) is 1.77. The molecule has 0 aromatic heterocycles. The van der Waals surface area contributed by atoms with Gasteiger partial charge in [0.05, 0.1) is 0 Å². The van der Waals surface area contributed by atoms with Gasteiger partial charge in [-0.05, 0) is 0 Å². The Hall–Kier alpha value is -2.12. The Bertz CT molecular complexity index is 348. The quantitative estimate of drug-likeness (QED) is 0.395. The molecule has 2 amide bonds. The van der Waals surface area contributed by atoms with Crippen LogP contribution in [0.3, 0.4) is 0 Å². The van der Waals surface area contributed by atoms with Crippen LogP contribution in [0.1, 0.15) is 26.7 Å². The molecule has 0 N–H and O–H groups in total. The first kappa shape index (κ1) is 12.9. The van der Waals surface area contributed by atoms with Gasteiger partial charge in [-0.3, -0.25) is 19.2 Å². The molecule has 1 atom stereocenters. The molecule has 0 bridgehead atoms. The van der Waals surface area contributed by atoms with E-state index in [-0.39, 0.29) is 12.8 Å². The summed E-state index contributed by atoms with van der Waals surface area (Å²) in [7, 11) is 0. The van der Waals surface area contributed by atoms with E-state index in [0.29, 0.717) is 5.06 Å². The first-order chi connectivity index (χ1) is 7.90. The largest absolute Gasteiger partial charge is 0.537 e. The number of imide groups is 1. The van der Waals surface area contributed by atoms with Crippen molar-refractivity contribution in [1.29, 1.82) is 0 Å². The topological polar surface area (TPSA) is 99.2 Å². The van der Waals surface area contributed by atoms with Gasteiger partial charge in [0.15, 0.2) is 0 Å². The highest BCUT2D eigenvalue weighted by Gasteiger charge is 2.33. The molecular weight excluding hydrogens is 234 g/mol. The molecule has 0 spiro atoms. The second-order valence-electron chi connectivity index (χ2n) is 3.22. The summed E-state index contributed by atoms with van der Waals surface area (Å²) in [6, 6.07) is 0. The average molecular weight is 245 g/mol. The third-order valence-corrected chi connectivity index (χ3v) is 1.77. The lowest BCUT2D eigenvalue weighted by Crippen LogP contribution is -2.33. The van der Waals surface area contributed by atoms with E-state index in [1.54, 1.807) is 0 Å².